The highest BCUT2D eigenvalue weighted by atomic mass is 32.2. The average molecular weight is 496 g/mol. The van der Waals surface area contributed by atoms with Gasteiger partial charge in [0.1, 0.15) is 0 Å². The average Bonchev–Trinajstić information content (AvgIpc) is 3.35. The second-order valence-corrected chi connectivity index (χ2v) is 10.3. The van der Waals surface area contributed by atoms with E-state index in [0.29, 0.717) is 28.9 Å². The zero-order valence-corrected chi connectivity index (χ0v) is 20.5. The van der Waals surface area contributed by atoms with Gasteiger partial charge in [0.05, 0.1) is 22.3 Å². The van der Waals surface area contributed by atoms with Crippen LogP contribution in [-0.4, -0.2) is 25.0 Å². The van der Waals surface area contributed by atoms with Crippen molar-refractivity contribution in [2.75, 3.05) is 4.72 Å². The highest BCUT2D eigenvalue weighted by Gasteiger charge is 2.34. The fraction of sp³-hybridized carbons (Fsp3) is 0.103. The van der Waals surface area contributed by atoms with Crippen LogP contribution in [0.1, 0.15) is 39.5 Å². The Labute approximate surface area is 211 Å². The first-order chi connectivity index (χ1) is 17.4. The number of para-hydroxylation sites is 1. The van der Waals surface area contributed by atoms with Gasteiger partial charge in [0.15, 0.2) is 0 Å². The minimum Gasteiger partial charge on any atom is -0.279 e. The molecule has 0 fully saturated rings. The summed E-state index contributed by atoms with van der Waals surface area (Å²) in [7, 11) is -3.80. The Morgan fingerprint density at radius 3 is 2.25 bits per heavy atom. The smallest absolute Gasteiger partial charge is 0.274 e. The van der Waals surface area contributed by atoms with E-state index in [1.165, 1.54) is 5.01 Å². The number of nitrogens with zero attached hydrogens (tertiary/aromatic N) is 2. The van der Waals surface area contributed by atoms with Crippen LogP contribution in [0.25, 0.3) is 0 Å². The number of carbonyl (C=O) groups is 1. The van der Waals surface area contributed by atoms with Crippen LogP contribution in [0.5, 0.6) is 0 Å². The van der Waals surface area contributed by atoms with Gasteiger partial charge in [0.2, 0.25) is 0 Å². The van der Waals surface area contributed by atoms with Crippen LogP contribution in [0.3, 0.4) is 0 Å². The minimum atomic E-state index is -3.80. The van der Waals surface area contributed by atoms with Crippen LogP contribution in [0.4, 0.5) is 5.69 Å². The molecular formula is C29H25N3O3S. The predicted octanol–water partition coefficient (Wildman–Crippen LogP) is 5.79. The summed E-state index contributed by atoms with van der Waals surface area (Å²) in [4.78, 5) is 13.7. The number of hydrogen-bond acceptors (Lipinski definition) is 4. The molecule has 1 aliphatic rings. The van der Waals surface area contributed by atoms with E-state index in [9.17, 15) is 13.2 Å². The summed E-state index contributed by atoms with van der Waals surface area (Å²) in [5.41, 5.74) is 4.29. The first kappa shape index (κ1) is 23.5. The molecule has 1 atom stereocenters. The highest BCUT2D eigenvalue weighted by molar-refractivity contribution is 7.92. The van der Waals surface area contributed by atoms with Crippen molar-refractivity contribution in [3.8, 4) is 0 Å². The number of sulfonamides is 1. The Morgan fingerprint density at radius 2 is 1.53 bits per heavy atom. The number of hydrazone groups is 1. The second-order valence-electron chi connectivity index (χ2n) is 8.66. The highest BCUT2D eigenvalue weighted by Crippen LogP contribution is 2.36. The third-order valence-electron chi connectivity index (χ3n) is 6.10. The van der Waals surface area contributed by atoms with Gasteiger partial charge in [0, 0.05) is 17.5 Å². The molecule has 0 aromatic heterocycles. The van der Waals surface area contributed by atoms with Crippen molar-refractivity contribution in [3.63, 3.8) is 0 Å². The number of benzene rings is 4. The van der Waals surface area contributed by atoms with Gasteiger partial charge in [-0.1, -0.05) is 84.4 Å². The van der Waals surface area contributed by atoms with E-state index in [0.717, 1.165) is 11.1 Å². The summed E-state index contributed by atoms with van der Waals surface area (Å²) in [6.45, 7) is 2.01. The molecule has 0 saturated carbocycles. The zero-order chi connectivity index (χ0) is 25.1. The van der Waals surface area contributed by atoms with Gasteiger partial charge >= 0.3 is 0 Å². The van der Waals surface area contributed by atoms with E-state index in [1.54, 1.807) is 54.6 Å². The lowest BCUT2D eigenvalue weighted by atomic mass is 9.96. The lowest BCUT2D eigenvalue weighted by molar-refractivity contribution is 0.0711. The molecule has 1 aliphatic heterocycles. The first-order valence-corrected chi connectivity index (χ1v) is 13.1. The van der Waals surface area contributed by atoms with Crippen molar-refractivity contribution in [2.45, 2.75) is 24.3 Å². The van der Waals surface area contributed by atoms with Gasteiger partial charge in [-0.15, -0.1) is 0 Å². The molecule has 4 aromatic rings. The zero-order valence-electron chi connectivity index (χ0n) is 19.7. The topological polar surface area (TPSA) is 78.8 Å². The molecular weight excluding hydrogens is 470 g/mol. The standard InChI is InChI=1S/C29H25N3O3S/c1-21-11-10-14-23(19-21)28-20-27(30-32(28)29(33)22-12-4-2-5-13-22)25-17-8-9-18-26(25)31-36(34,35)24-15-6-3-7-16-24/h2-19,28,31H,20H2,1H3. The van der Waals surface area contributed by atoms with E-state index in [4.69, 9.17) is 5.10 Å². The number of anilines is 1. The first-order valence-electron chi connectivity index (χ1n) is 11.6. The molecule has 7 heteroatoms. The monoisotopic (exact) mass is 495 g/mol. The van der Waals surface area contributed by atoms with Crippen LogP contribution in [0, 0.1) is 6.92 Å². The second kappa shape index (κ2) is 9.79. The van der Waals surface area contributed by atoms with Gasteiger partial charge in [-0.25, -0.2) is 13.4 Å². The Kier molecular flexibility index (Phi) is 6.40. The van der Waals surface area contributed by atoms with Crippen molar-refractivity contribution < 1.29 is 13.2 Å². The molecule has 180 valence electrons. The number of amides is 1. The van der Waals surface area contributed by atoms with Crippen molar-refractivity contribution in [3.05, 3.63) is 131 Å². The third-order valence-corrected chi connectivity index (χ3v) is 7.48. The van der Waals surface area contributed by atoms with Crippen LogP contribution >= 0.6 is 0 Å². The Morgan fingerprint density at radius 1 is 0.861 bits per heavy atom. The maximum absolute atomic E-state index is 13.5. The summed E-state index contributed by atoms with van der Waals surface area (Å²) in [6.07, 6.45) is 0.451. The molecule has 1 unspecified atom stereocenters. The number of rotatable bonds is 6. The quantitative estimate of drug-likeness (QED) is 0.368. The normalized spacial score (nSPS) is 15.4. The fourth-order valence-electron chi connectivity index (χ4n) is 4.34. The maximum atomic E-state index is 13.5. The Bertz CT molecular complexity index is 1530. The molecule has 36 heavy (non-hydrogen) atoms. The molecule has 0 saturated heterocycles. The summed E-state index contributed by atoms with van der Waals surface area (Å²) in [5.74, 6) is -0.209. The van der Waals surface area contributed by atoms with Crippen LogP contribution in [0.2, 0.25) is 0 Å². The molecule has 0 spiro atoms. The molecule has 4 aromatic carbocycles. The van der Waals surface area contributed by atoms with E-state index in [-0.39, 0.29) is 16.8 Å². The fourth-order valence-corrected chi connectivity index (χ4v) is 5.44. The maximum Gasteiger partial charge on any atom is 0.274 e. The molecule has 6 nitrogen and oxygen atoms in total. The van der Waals surface area contributed by atoms with Crippen molar-refractivity contribution in [1.29, 1.82) is 0 Å². The van der Waals surface area contributed by atoms with E-state index in [1.807, 2.05) is 55.5 Å². The summed E-state index contributed by atoms with van der Waals surface area (Å²) in [5, 5.41) is 6.27. The lowest BCUT2D eigenvalue weighted by Crippen LogP contribution is -2.27. The molecule has 5 rings (SSSR count). The SMILES string of the molecule is Cc1cccc(C2CC(c3ccccc3NS(=O)(=O)c3ccccc3)=NN2C(=O)c2ccccc2)c1. The largest absolute Gasteiger partial charge is 0.279 e. The van der Waals surface area contributed by atoms with Gasteiger partial charge in [-0.2, -0.15) is 5.10 Å². The van der Waals surface area contributed by atoms with Crippen LogP contribution in [0.15, 0.2) is 119 Å². The number of carbonyl (C=O) groups excluding carboxylic acids is 1. The minimum absolute atomic E-state index is 0.173. The van der Waals surface area contributed by atoms with Gasteiger partial charge in [-0.05, 0) is 42.8 Å². The molecule has 1 heterocycles. The number of hydrogen-bond donors (Lipinski definition) is 1. The van der Waals surface area contributed by atoms with Gasteiger partial charge in [-0.3, -0.25) is 9.52 Å². The summed E-state index contributed by atoms with van der Waals surface area (Å²) in [6, 6.07) is 32.1. The number of aryl methyl sites for hydroxylation is 1. The third kappa shape index (κ3) is 4.78. The van der Waals surface area contributed by atoms with E-state index >= 15 is 0 Å². The summed E-state index contributed by atoms with van der Waals surface area (Å²) < 4.78 is 28.8. The van der Waals surface area contributed by atoms with Crippen molar-refractivity contribution >= 4 is 27.3 Å². The molecule has 1 N–H and O–H groups in total. The lowest BCUT2D eigenvalue weighted by Gasteiger charge is -2.22. The van der Waals surface area contributed by atoms with Crippen LogP contribution < -0.4 is 4.72 Å². The van der Waals surface area contributed by atoms with E-state index in [2.05, 4.69) is 10.8 Å². The van der Waals surface area contributed by atoms with Crippen molar-refractivity contribution in [2.24, 2.45) is 5.10 Å². The predicted molar refractivity (Wildman–Crippen MR) is 141 cm³/mol. The van der Waals surface area contributed by atoms with Crippen LogP contribution in [-0.2, 0) is 10.0 Å². The molecule has 0 bridgehead atoms. The van der Waals surface area contributed by atoms with Gasteiger partial charge in [0.25, 0.3) is 15.9 Å². The Hall–Kier alpha value is -4.23. The van der Waals surface area contributed by atoms with Crippen molar-refractivity contribution in [1.82, 2.24) is 5.01 Å². The number of nitrogens with one attached hydrogen (secondary N) is 1. The molecule has 0 radical (unpaired) electrons. The molecule has 1 amide bonds. The van der Waals surface area contributed by atoms with Gasteiger partial charge < -0.3 is 0 Å². The van der Waals surface area contributed by atoms with E-state index < -0.39 is 10.0 Å². The molecule has 0 aliphatic carbocycles. The summed E-state index contributed by atoms with van der Waals surface area (Å²) >= 11 is 0. The Balaban J connectivity index is 1.54.